The third-order valence-corrected chi connectivity index (χ3v) is 5.81. The van der Waals surface area contributed by atoms with Crippen molar-refractivity contribution in [2.75, 3.05) is 31.6 Å². The molecule has 1 aliphatic carbocycles. The number of halogens is 1. The van der Waals surface area contributed by atoms with Crippen molar-refractivity contribution < 1.29 is 19.4 Å². The van der Waals surface area contributed by atoms with Crippen LogP contribution in [0.5, 0.6) is 0 Å². The molecule has 0 bridgehead atoms. The molecule has 28 heavy (non-hydrogen) atoms. The smallest absolute Gasteiger partial charge is 0.341 e. The molecule has 150 valence electrons. The van der Waals surface area contributed by atoms with Gasteiger partial charge in [0, 0.05) is 37.3 Å². The van der Waals surface area contributed by atoms with E-state index in [2.05, 4.69) is 5.32 Å². The average molecular weight is 389 g/mol. The minimum absolute atomic E-state index is 0.0942. The number of hydrogen-bond donors (Lipinski definition) is 3. The SMILES string of the molecule is CNCC1(O)CCN(c2cc3c(cc2F)c(=O)c(C(=O)O)cn3C2CC2)CC1. The van der Waals surface area contributed by atoms with E-state index in [1.807, 2.05) is 4.90 Å². The number of benzene rings is 1. The molecule has 1 saturated carbocycles. The van der Waals surface area contributed by atoms with Crippen molar-refractivity contribution in [3.63, 3.8) is 0 Å². The first-order valence-electron chi connectivity index (χ1n) is 9.56. The summed E-state index contributed by atoms with van der Waals surface area (Å²) in [5.74, 6) is -1.85. The molecule has 2 aliphatic rings. The quantitative estimate of drug-likeness (QED) is 0.721. The summed E-state index contributed by atoms with van der Waals surface area (Å²) < 4.78 is 16.7. The molecule has 2 heterocycles. The zero-order valence-corrected chi connectivity index (χ0v) is 15.7. The van der Waals surface area contributed by atoms with Crippen LogP contribution in [0, 0.1) is 5.82 Å². The van der Waals surface area contributed by atoms with Gasteiger partial charge in [0.05, 0.1) is 16.8 Å². The molecular formula is C20H24FN3O4. The molecule has 0 atom stereocenters. The molecule has 0 spiro atoms. The van der Waals surface area contributed by atoms with Gasteiger partial charge in [-0.25, -0.2) is 9.18 Å². The van der Waals surface area contributed by atoms with E-state index in [4.69, 9.17) is 0 Å². The van der Waals surface area contributed by atoms with Gasteiger partial charge in [0.1, 0.15) is 11.4 Å². The van der Waals surface area contributed by atoms with Crippen LogP contribution >= 0.6 is 0 Å². The van der Waals surface area contributed by atoms with E-state index in [0.717, 1.165) is 18.9 Å². The Labute approximate surface area is 161 Å². The first kappa shape index (κ1) is 18.9. The summed E-state index contributed by atoms with van der Waals surface area (Å²) in [5, 5.41) is 22.9. The molecule has 1 saturated heterocycles. The number of nitrogens with one attached hydrogen (secondary N) is 1. The number of likely N-dealkylation sites (N-methyl/N-ethyl adjacent to an activating group) is 1. The lowest BCUT2D eigenvalue weighted by Crippen LogP contribution is -2.49. The van der Waals surface area contributed by atoms with Crippen LogP contribution < -0.4 is 15.6 Å². The molecule has 1 aromatic heterocycles. The number of fused-ring (bicyclic) bond motifs is 1. The second kappa shape index (κ2) is 6.86. The van der Waals surface area contributed by atoms with Crippen molar-refractivity contribution in [1.82, 2.24) is 9.88 Å². The van der Waals surface area contributed by atoms with E-state index in [0.29, 0.717) is 43.7 Å². The number of piperidine rings is 1. The van der Waals surface area contributed by atoms with Gasteiger partial charge in [0.15, 0.2) is 0 Å². The monoisotopic (exact) mass is 389 g/mol. The number of carbonyl (C=O) groups is 1. The van der Waals surface area contributed by atoms with Gasteiger partial charge in [0.2, 0.25) is 5.43 Å². The Morgan fingerprint density at radius 1 is 1.32 bits per heavy atom. The van der Waals surface area contributed by atoms with Crippen molar-refractivity contribution in [1.29, 1.82) is 0 Å². The highest BCUT2D eigenvalue weighted by Crippen LogP contribution is 2.38. The van der Waals surface area contributed by atoms with Crippen LogP contribution in [0.15, 0.2) is 23.1 Å². The Morgan fingerprint density at radius 3 is 2.57 bits per heavy atom. The van der Waals surface area contributed by atoms with Crippen molar-refractivity contribution in [2.24, 2.45) is 0 Å². The number of aromatic carboxylic acids is 1. The number of aliphatic hydroxyl groups is 1. The summed E-state index contributed by atoms with van der Waals surface area (Å²) in [6.45, 7) is 1.49. The molecule has 1 aliphatic heterocycles. The van der Waals surface area contributed by atoms with E-state index in [1.165, 1.54) is 6.20 Å². The number of pyridine rings is 1. The first-order valence-corrected chi connectivity index (χ1v) is 9.56. The second-order valence-corrected chi connectivity index (χ2v) is 7.88. The van der Waals surface area contributed by atoms with Gasteiger partial charge in [0.25, 0.3) is 0 Å². The third kappa shape index (κ3) is 3.27. The van der Waals surface area contributed by atoms with Crippen molar-refractivity contribution in [2.45, 2.75) is 37.3 Å². The summed E-state index contributed by atoms with van der Waals surface area (Å²) in [4.78, 5) is 25.9. The van der Waals surface area contributed by atoms with Crippen LogP contribution in [0.4, 0.5) is 10.1 Å². The number of aromatic nitrogens is 1. The summed E-state index contributed by atoms with van der Waals surface area (Å²) >= 11 is 0. The number of hydrogen-bond acceptors (Lipinski definition) is 5. The van der Waals surface area contributed by atoms with Gasteiger partial charge < -0.3 is 25.0 Å². The Morgan fingerprint density at radius 2 is 2.00 bits per heavy atom. The lowest BCUT2D eigenvalue weighted by atomic mass is 9.91. The van der Waals surface area contributed by atoms with Crippen molar-refractivity contribution in [3.05, 3.63) is 39.9 Å². The molecule has 2 aromatic rings. The fraction of sp³-hybridized carbons (Fsp3) is 0.500. The Hall–Kier alpha value is -2.45. The van der Waals surface area contributed by atoms with E-state index in [-0.39, 0.29) is 17.0 Å². The van der Waals surface area contributed by atoms with E-state index in [9.17, 15) is 24.2 Å². The van der Waals surface area contributed by atoms with Crippen LogP contribution in [-0.4, -0.2) is 53.0 Å². The molecular weight excluding hydrogens is 365 g/mol. The van der Waals surface area contributed by atoms with Gasteiger partial charge in [-0.3, -0.25) is 4.79 Å². The highest BCUT2D eigenvalue weighted by Gasteiger charge is 2.33. The largest absolute Gasteiger partial charge is 0.477 e. The van der Waals surface area contributed by atoms with Gasteiger partial charge in [-0.05, 0) is 44.9 Å². The standard InChI is InChI=1S/C20H24FN3O4/c1-22-11-20(28)4-6-23(7-5-20)17-9-16-13(8-15(17)21)18(25)14(19(26)27)10-24(16)12-2-3-12/h8-10,12,22,28H,2-7,11H2,1H3,(H,26,27). The molecule has 0 unspecified atom stereocenters. The average Bonchev–Trinajstić information content (AvgIpc) is 3.48. The van der Waals surface area contributed by atoms with E-state index < -0.39 is 22.8 Å². The summed E-state index contributed by atoms with van der Waals surface area (Å²) in [5.41, 5.74) is -0.847. The number of nitrogens with zero attached hydrogens (tertiary/aromatic N) is 2. The third-order valence-electron chi connectivity index (χ3n) is 5.81. The molecule has 4 rings (SSSR count). The molecule has 0 amide bonds. The fourth-order valence-electron chi connectivity index (χ4n) is 4.08. The van der Waals surface area contributed by atoms with Gasteiger partial charge >= 0.3 is 5.97 Å². The summed E-state index contributed by atoms with van der Waals surface area (Å²) in [7, 11) is 1.79. The Balaban J connectivity index is 1.76. The summed E-state index contributed by atoms with van der Waals surface area (Å²) in [6.07, 6.45) is 4.22. The zero-order valence-electron chi connectivity index (χ0n) is 15.7. The fourth-order valence-corrected chi connectivity index (χ4v) is 4.08. The highest BCUT2D eigenvalue weighted by molar-refractivity contribution is 5.93. The van der Waals surface area contributed by atoms with Crippen LogP contribution in [-0.2, 0) is 0 Å². The molecule has 0 radical (unpaired) electrons. The van der Waals surface area contributed by atoms with Crippen LogP contribution in [0.1, 0.15) is 42.1 Å². The van der Waals surface area contributed by atoms with Crippen molar-refractivity contribution >= 4 is 22.6 Å². The molecule has 1 aromatic carbocycles. The van der Waals surface area contributed by atoms with E-state index >= 15 is 0 Å². The minimum atomic E-state index is -1.30. The van der Waals surface area contributed by atoms with Gasteiger partial charge in [-0.1, -0.05) is 0 Å². The normalized spacial score (nSPS) is 19.2. The Bertz CT molecular complexity index is 991. The predicted octanol–water partition coefficient (Wildman–Crippen LogP) is 1.72. The van der Waals surface area contributed by atoms with Crippen molar-refractivity contribution in [3.8, 4) is 0 Å². The minimum Gasteiger partial charge on any atom is -0.477 e. The maximum atomic E-state index is 14.9. The molecule has 3 N–H and O–H groups in total. The first-order chi connectivity index (χ1) is 13.3. The zero-order chi connectivity index (χ0) is 20.1. The second-order valence-electron chi connectivity index (χ2n) is 7.88. The van der Waals surface area contributed by atoms with E-state index in [1.54, 1.807) is 17.7 Å². The predicted molar refractivity (Wildman–Crippen MR) is 104 cm³/mol. The maximum absolute atomic E-state index is 14.9. The van der Waals surface area contributed by atoms with Gasteiger partial charge in [-0.15, -0.1) is 0 Å². The number of rotatable bonds is 5. The highest BCUT2D eigenvalue weighted by atomic mass is 19.1. The van der Waals surface area contributed by atoms with Crippen LogP contribution in [0.25, 0.3) is 10.9 Å². The lowest BCUT2D eigenvalue weighted by Gasteiger charge is -2.39. The number of anilines is 1. The lowest BCUT2D eigenvalue weighted by molar-refractivity contribution is 0.0184. The topological polar surface area (TPSA) is 94.8 Å². The van der Waals surface area contributed by atoms with Crippen LogP contribution in [0.2, 0.25) is 0 Å². The Kier molecular flexibility index (Phi) is 4.63. The number of carboxylic acids is 1. The molecule has 2 fully saturated rings. The number of carboxylic acid groups (broad SMARTS) is 1. The van der Waals surface area contributed by atoms with Gasteiger partial charge in [-0.2, -0.15) is 0 Å². The molecule has 7 nitrogen and oxygen atoms in total. The molecule has 8 heteroatoms. The maximum Gasteiger partial charge on any atom is 0.341 e. The van der Waals surface area contributed by atoms with Crippen LogP contribution in [0.3, 0.4) is 0 Å². The summed E-state index contributed by atoms with van der Waals surface area (Å²) in [6, 6.07) is 2.95.